The average Bonchev–Trinajstić information content (AvgIpc) is 1.99. The molecule has 1 unspecified atom stereocenters. The lowest BCUT2D eigenvalue weighted by Crippen LogP contribution is -2.54. The van der Waals surface area contributed by atoms with E-state index in [1.165, 1.54) is 20.8 Å². The predicted molar refractivity (Wildman–Crippen MR) is 47.6 cm³/mol. The third kappa shape index (κ3) is 2.86. The third-order valence-electron chi connectivity index (χ3n) is 1.86. The van der Waals surface area contributed by atoms with Crippen LogP contribution in [0.15, 0.2) is 0 Å². The van der Waals surface area contributed by atoms with Crippen LogP contribution < -0.4 is 0 Å². The van der Waals surface area contributed by atoms with Gasteiger partial charge in [0.25, 0.3) is 5.60 Å². The Bertz CT molecular complexity index is 303. The van der Waals surface area contributed by atoms with Crippen molar-refractivity contribution in [2.45, 2.75) is 39.5 Å². The van der Waals surface area contributed by atoms with E-state index in [1.54, 1.807) is 0 Å². The highest BCUT2D eigenvalue weighted by atomic mass is 19.4. The van der Waals surface area contributed by atoms with Crippen molar-refractivity contribution in [3.05, 3.63) is 0 Å². The highest BCUT2D eigenvalue weighted by molar-refractivity contribution is 5.84. The van der Waals surface area contributed by atoms with E-state index in [0.29, 0.717) is 6.92 Å². The normalized spacial score (nSPS) is 16.4. The number of alkyl halides is 3. The summed E-state index contributed by atoms with van der Waals surface area (Å²) in [4.78, 5) is 21.8. The number of halogens is 3. The average molecular weight is 242 g/mol. The summed E-state index contributed by atoms with van der Waals surface area (Å²) in [6.07, 6.45) is -5.17. The molecule has 0 saturated carbocycles. The smallest absolute Gasteiger partial charge is 0.439 e. The topological polar surface area (TPSA) is 63.6 Å². The van der Waals surface area contributed by atoms with Crippen LogP contribution in [-0.2, 0) is 14.3 Å². The second-order valence-corrected chi connectivity index (χ2v) is 4.48. The summed E-state index contributed by atoms with van der Waals surface area (Å²) in [5.74, 6) is -3.48. The Kier molecular flexibility index (Phi) is 3.64. The first kappa shape index (κ1) is 14.7. The fraction of sp³-hybridized carbons (Fsp3) is 0.778. The minimum atomic E-state index is -5.17. The van der Waals surface area contributed by atoms with Gasteiger partial charge in [-0.1, -0.05) is 0 Å². The monoisotopic (exact) mass is 242 g/mol. The number of aliphatic carboxylic acids is 1. The van der Waals surface area contributed by atoms with Crippen LogP contribution in [0.3, 0.4) is 0 Å². The standard InChI is InChI=1S/C9H13F3O4/c1-7(2,3)6(15)16-8(4,5(13)14)9(10,11)12/h1-4H3,(H,13,14). The van der Waals surface area contributed by atoms with Crippen molar-refractivity contribution in [3.63, 3.8) is 0 Å². The maximum absolute atomic E-state index is 12.4. The lowest BCUT2D eigenvalue weighted by molar-refractivity contribution is -0.266. The summed E-state index contributed by atoms with van der Waals surface area (Å²) in [6, 6.07) is 0. The van der Waals surface area contributed by atoms with Gasteiger partial charge in [0, 0.05) is 0 Å². The number of carboxylic acid groups (broad SMARTS) is 1. The molecule has 0 bridgehead atoms. The van der Waals surface area contributed by atoms with Crippen molar-refractivity contribution >= 4 is 11.9 Å². The number of hydrogen-bond donors (Lipinski definition) is 1. The summed E-state index contributed by atoms with van der Waals surface area (Å²) in [6.45, 7) is 4.29. The van der Waals surface area contributed by atoms with Gasteiger partial charge in [0.1, 0.15) is 0 Å². The third-order valence-corrected chi connectivity index (χ3v) is 1.86. The Labute approximate surface area is 90.4 Å². The molecule has 7 heteroatoms. The molecule has 0 spiro atoms. The number of carbonyl (C=O) groups is 2. The SMILES string of the molecule is CC(C)(C)C(=O)OC(C)(C(=O)O)C(F)(F)F. The molecule has 0 aliphatic rings. The number of carboxylic acids is 1. The van der Waals surface area contributed by atoms with E-state index in [0.717, 1.165) is 0 Å². The van der Waals surface area contributed by atoms with E-state index in [9.17, 15) is 22.8 Å². The number of esters is 1. The van der Waals surface area contributed by atoms with Gasteiger partial charge in [0.2, 0.25) is 0 Å². The van der Waals surface area contributed by atoms with Crippen LogP contribution in [0.25, 0.3) is 0 Å². The Hall–Kier alpha value is -1.27. The minimum absolute atomic E-state index is 0.305. The molecule has 0 amide bonds. The maximum atomic E-state index is 12.4. The largest absolute Gasteiger partial charge is 0.478 e. The van der Waals surface area contributed by atoms with E-state index in [-0.39, 0.29) is 0 Å². The fourth-order valence-corrected chi connectivity index (χ4v) is 0.561. The molecule has 0 rings (SSSR count). The van der Waals surface area contributed by atoms with E-state index in [4.69, 9.17) is 5.11 Å². The van der Waals surface area contributed by atoms with Gasteiger partial charge in [-0.25, -0.2) is 4.79 Å². The van der Waals surface area contributed by atoms with Crippen LogP contribution >= 0.6 is 0 Å². The van der Waals surface area contributed by atoms with Gasteiger partial charge in [-0.05, 0) is 27.7 Å². The molecular formula is C9H13F3O4. The summed E-state index contributed by atoms with van der Waals surface area (Å²) >= 11 is 0. The van der Waals surface area contributed by atoms with Crippen LogP contribution in [0.4, 0.5) is 13.2 Å². The first-order valence-electron chi connectivity index (χ1n) is 4.36. The number of ether oxygens (including phenoxy) is 1. The molecule has 0 aromatic heterocycles. The lowest BCUT2D eigenvalue weighted by atomic mass is 9.96. The molecule has 94 valence electrons. The maximum Gasteiger partial charge on any atom is 0.439 e. The number of rotatable bonds is 2. The molecule has 0 aliphatic carbocycles. The van der Waals surface area contributed by atoms with Gasteiger partial charge in [0.05, 0.1) is 5.41 Å². The van der Waals surface area contributed by atoms with Gasteiger partial charge in [0.15, 0.2) is 0 Å². The highest BCUT2D eigenvalue weighted by Crippen LogP contribution is 2.35. The fourth-order valence-electron chi connectivity index (χ4n) is 0.561. The highest BCUT2D eigenvalue weighted by Gasteiger charge is 2.61. The molecule has 0 aromatic rings. The molecule has 0 saturated heterocycles. The molecule has 0 fully saturated rings. The van der Waals surface area contributed by atoms with Gasteiger partial charge < -0.3 is 9.84 Å². The second kappa shape index (κ2) is 3.95. The quantitative estimate of drug-likeness (QED) is 0.752. The van der Waals surface area contributed by atoms with Gasteiger partial charge in [-0.3, -0.25) is 4.79 Å². The van der Waals surface area contributed by atoms with Crippen molar-refractivity contribution in [2.75, 3.05) is 0 Å². The van der Waals surface area contributed by atoms with Gasteiger partial charge in [-0.15, -0.1) is 0 Å². The summed E-state index contributed by atoms with van der Waals surface area (Å²) in [5, 5.41) is 8.49. The molecule has 4 nitrogen and oxygen atoms in total. The van der Waals surface area contributed by atoms with Crippen LogP contribution in [0.5, 0.6) is 0 Å². The predicted octanol–water partition coefficient (Wildman–Crippen LogP) is 1.98. The zero-order chi connectivity index (χ0) is 13.4. The summed E-state index contributed by atoms with van der Waals surface area (Å²) in [7, 11) is 0. The van der Waals surface area contributed by atoms with Crippen molar-refractivity contribution < 1.29 is 32.6 Å². The summed E-state index contributed by atoms with van der Waals surface area (Å²) in [5.41, 5.74) is -4.72. The number of hydrogen-bond acceptors (Lipinski definition) is 3. The molecule has 0 heterocycles. The Morgan fingerprint density at radius 1 is 1.06 bits per heavy atom. The van der Waals surface area contributed by atoms with Crippen molar-refractivity contribution in [1.82, 2.24) is 0 Å². The first-order valence-corrected chi connectivity index (χ1v) is 4.36. The molecule has 1 atom stereocenters. The molecule has 1 N–H and O–H groups in total. The van der Waals surface area contributed by atoms with E-state index in [1.807, 2.05) is 0 Å². The van der Waals surface area contributed by atoms with E-state index in [2.05, 4.69) is 4.74 Å². The molecule has 16 heavy (non-hydrogen) atoms. The van der Waals surface area contributed by atoms with Crippen molar-refractivity contribution in [2.24, 2.45) is 5.41 Å². The van der Waals surface area contributed by atoms with Crippen molar-refractivity contribution in [3.8, 4) is 0 Å². The van der Waals surface area contributed by atoms with Crippen LogP contribution in [0, 0.1) is 5.41 Å². The van der Waals surface area contributed by atoms with Crippen LogP contribution in [-0.4, -0.2) is 28.8 Å². The van der Waals surface area contributed by atoms with Gasteiger partial charge in [-0.2, -0.15) is 13.2 Å². The summed E-state index contributed by atoms with van der Waals surface area (Å²) < 4.78 is 41.4. The Morgan fingerprint density at radius 2 is 1.44 bits per heavy atom. The Morgan fingerprint density at radius 3 is 1.62 bits per heavy atom. The van der Waals surface area contributed by atoms with Crippen molar-refractivity contribution in [1.29, 1.82) is 0 Å². The van der Waals surface area contributed by atoms with Gasteiger partial charge >= 0.3 is 18.1 Å². The zero-order valence-electron chi connectivity index (χ0n) is 9.31. The first-order chi connectivity index (χ1) is 6.82. The van der Waals surface area contributed by atoms with E-state index >= 15 is 0 Å². The molecule has 0 aromatic carbocycles. The van der Waals surface area contributed by atoms with Crippen LogP contribution in [0.2, 0.25) is 0 Å². The number of carbonyl (C=O) groups excluding carboxylic acids is 1. The molecule has 0 radical (unpaired) electrons. The minimum Gasteiger partial charge on any atom is -0.478 e. The van der Waals surface area contributed by atoms with E-state index < -0.39 is 29.1 Å². The molecular weight excluding hydrogens is 229 g/mol. The molecule has 0 aliphatic heterocycles. The lowest BCUT2D eigenvalue weighted by Gasteiger charge is -2.30. The zero-order valence-corrected chi connectivity index (χ0v) is 9.31. The Balaban J connectivity index is 5.15. The second-order valence-electron chi connectivity index (χ2n) is 4.48. The van der Waals surface area contributed by atoms with Crippen LogP contribution in [0.1, 0.15) is 27.7 Å².